The Hall–Kier alpha value is -0.760. The third kappa shape index (κ3) is 25.6. The van der Waals surface area contributed by atoms with Crippen molar-refractivity contribution in [2.75, 3.05) is 114 Å². The zero-order valence-corrected chi connectivity index (χ0v) is 54.5. The van der Waals surface area contributed by atoms with Gasteiger partial charge in [0.1, 0.15) is 153 Å². The van der Waals surface area contributed by atoms with Gasteiger partial charge in [0.25, 0.3) is 0 Å². The number of rotatable bonds is 48. The first-order valence-electron chi connectivity index (χ1n) is 28.3. The van der Waals surface area contributed by atoms with Gasteiger partial charge in [0.15, 0.2) is 25.2 Å². The van der Waals surface area contributed by atoms with Crippen LogP contribution in [0.3, 0.4) is 0 Å². The highest BCUT2D eigenvalue weighted by Crippen LogP contribution is 2.51. The first kappa shape index (κ1) is 86.6. The van der Waals surface area contributed by atoms with Crippen molar-refractivity contribution in [1.29, 1.82) is 0 Å². The smallest absolute Gasteiger partial charge is 0.394 e. The lowest BCUT2D eigenvalue weighted by Gasteiger charge is -2.28. The van der Waals surface area contributed by atoms with Crippen LogP contribution in [-0.2, 0) is 111 Å². The fourth-order valence-electron chi connectivity index (χ4n) is 9.24. The van der Waals surface area contributed by atoms with Crippen molar-refractivity contribution in [2.24, 2.45) is 5.73 Å². The van der Waals surface area contributed by atoms with Crippen molar-refractivity contribution in [3.63, 3.8) is 0 Å². The molecule has 564 valence electrons. The van der Waals surface area contributed by atoms with E-state index in [0.29, 0.717) is 0 Å². The highest BCUT2D eigenvalue weighted by atomic mass is 31.2. The number of phosphoric ester groups is 4. The van der Waals surface area contributed by atoms with Gasteiger partial charge in [-0.3, -0.25) is 36.2 Å². The Morgan fingerprint density at radius 3 is 0.789 bits per heavy atom. The van der Waals surface area contributed by atoms with Gasteiger partial charge < -0.3 is 169 Å². The minimum absolute atomic E-state index is 0.608. The number of phosphoric acid groups is 4. The SMILES string of the molecule is CO[C@H]1C(O)[C@@H](CO)O[C@H]1OCC(O)C(O)C(O)COP(=O)(O)OC1[C@@H](CO)O[C@@H](OCC(O)C(O)C(O)COP(=O)(O)OC2[C@@H](CO)O[C@@H](OCC(O)C(O)C(O)COP(=O)(O)OC3[C@@H](CO)O[C@@H](OCC(O)C(O)C(O)COP(=O)(O)OCN)[C@H]3OC)[C@H]2OC)[C@H]1OC. The number of aliphatic hydroxyl groups excluding tert-OH is 17. The summed E-state index contributed by atoms with van der Waals surface area (Å²) in [6.45, 7) is -12.5. The highest BCUT2D eigenvalue weighted by Gasteiger charge is 2.54. The van der Waals surface area contributed by atoms with Crippen LogP contribution in [0.4, 0.5) is 0 Å². The lowest BCUT2D eigenvalue weighted by Crippen LogP contribution is -2.45. The molecule has 4 saturated heterocycles. The summed E-state index contributed by atoms with van der Waals surface area (Å²) >= 11 is 0. The van der Waals surface area contributed by atoms with Crippen LogP contribution in [0, 0.1) is 0 Å². The third-order valence-electron chi connectivity index (χ3n) is 14.4. The van der Waals surface area contributed by atoms with E-state index in [0.717, 1.165) is 21.3 Å². The number of methoxy groups -OCH3 is 4. The predicted octanol–water partition coefficient (Wildman–Crippen LogP) is -11.8. The molecule has 46 nitrogen and oxygen atoms in total. The maximum absolute atomic E-state index is 13.2. The molecule has 95 heavy (non-hydrogen) atoms. The average Bonchev–Trinajstić information content (AvgIpc) is 1.69. The molecule has 0 saturated carbocycles. The Morgan fingerprint density at radius 1 is 0.337 bits per heavy atom. The van der Waals surface area contributed by atoms with Crippen LogP contribution >= 0.6 is 31.3 Å². The van der Waals surface area contributed by atoms with E-state index in [1.54, 1.807) is 0 Å². The summed E-state index contributed by atoms with van der Waals surface area (Å²) in [5.41, 5.74) is 5.00. The Balaban J connectivity index is 1.22. The third-order valence-corrected chi connectivity index (χ3v) is 18.3. The molecule has 4 heterocycles. The van der Waals surface area contributed by atoms with E-state index in [1.807, 2.05) is 0 Å². The van der Waals surface area contributed by atoms with Gasteiger partial charge in [-0.05, 0) is 0 Å². The van der Waals surface area contributed by atoms with Crippen LogP contribution in [0.1, 0.15) is 0 Å². The first-order valence-corrected chi connectivity index (χ1v) is 34.3. The Bertz CT molecular complexity index is 2390. The highest BCUT2D eigenvalue weighted by molar-refractivity contribution is 7.48. The Labute approximate surface area is 539 Å². The summed E-state index contributed by atoms with van der Waals surface area (Å²) in [4.78, 5) is 41.1. The lowest BCUT2D eigenvalue weighted by molar-refractivity contribution is -0.198. The molecule has 0 aromatic carbocycles. The zero-order valence-electron chi connectivity index (χ0n) is 50.9. The molecule has 50 heteroatoms. The maximum atomic E-state index is 13.2. The monoisotopic (exact) mass is 1490 g/mol. The van der Waals surface area contributed by atoms with Crippen LogP contribution in [0.2, 0.25) is 0 Å². The topological polar surface area (TPSA) is 704 Å². The molecule has 0 aliphatic carbocycles. The Morgan fingerprint density at radius 2 is 0.558 bits per heavy atom. The van der Waals surface area contributed by atoms with Crippen molar-refractivity contribution < 1.29 is 218 Å². The molecule has 0 bridgehead atoms. The molecule has 0 spiro atoms. The summed E-state index contributed by atoms with van der Waals surface area (Å²) in [5.74, 6) is 0. The van der Waals surface area contributed by atoms with Crippen molar-refractivity contribution in [2.45, 2.75) is 172 Å². The fraction of sp³-hybridized carbons (Fsp3) is 1.00. The minimum Gasteiger partial charge on any atom is -0.394 e. The van der Waals surface area contributed by atoms with Crippen LogP contribution in [0.15, 0.2) is 0 Å². The van der Waals surface area contributed by atoms with E-state index in [9.17, 15) is 125 Å². The molecule has 0 radical (unpaired) electrons. The average molecular weight is 1490 g/mol. The van der Waals surface area contributed by atoms with Gasteiger partial charge in [0.05, 0.1) is 79.3 Å². The van der Waals surface area contributed by atoms with Crippen LogP contribution in [0.25, 0.3) is 0 Å². The van der Waals surface area contributed by atoms with Gasteiger partial charge in [-0.15, -0.1) is 0 Å². The van der Waals surface area contributed by atoms with Crippen LogP contribution in [-0.4, -0.2) is 392 Å². The van der Waals surface area contributed by atoms with Crippen molar-refractivity contribution in [3.8, 4) is 0 Å². The number of hydrogen-bond acceptors (Lipinski definition) is 42. The Kier molecular flexibility index (Phi) is 36.8. The molecule has 0 aromatic rings. The molecule has 4 fully saturated rings. The standard InChI is InChI=1S/C45H89NO45P4/c1-72-38-34(63)26(5-47)85-42(38)76-9-18(51)31(60)23(56)14-81-93(66,67)89-36-28(7-49)87-44(40(36)74-3)78-11-20(53)33(62)25(58)16-83-95(70,71)91-37-29(8-50)88-45(41(37)75-4)79-12-21(54)32(61)24(57)15-82-94(68,69)90-35-27(6-48)86-43(39(35)73-2)77-10-19(52)30(59)22(55)13-80-92(64,65)84-17-46/h18-45,47-63H,5-17,46H2,1-4H3,(H,64,65)(H,66,67)(H,68,69)(H,70,71)/t18?,19?,20?,21?,22?,23?,24?,25?,26-,27-,28-,29-,30?,31?,32?,33?,34?,35?,36?,37?,38+,39+,40+,41+,42-,43-,44-,45-/m1/s1. The molecular weight excluding hydrogens is 1400 g/mol. The predicted molar refractivity (Wildman–Crippen MR) is 296 cm³/mol. The molecule has 32 atom stereocenters. The van der Waals surface area contributed by atoms with Gasteiger partial charge in [0, 0.05) is 28.4 Å². The van der Waals surface area contributed by atoms with Gasteiger partial charge in [0.2, 0.25) is 0 Å². The summed E-state index contributed by atoms with van der Waals surface area (Å²) in [6.07, 6.45) is -49.7. The van der Waals surface area contributed by atoms with Gasteiger partial charge in [-0.1, -0.05) is 0 Å². The summed E-state index contributed by atoms with van der Waals surface area (Å²) < 4.78 is 153. The molecule has 20 unspecified atom stereocenters. The number of nitrogens with two attached hydrogens (primary N) is 1. The maximum Gasteiger partial charge on any atom is 0.473 e. The summed E-state index contributed by atoms with van der Waals surface area (Å²) in [7, 11) is -16.5. The van der Waals surface area contributed by atoms with Gasteiger partial charge >= 0.3 is 31.3 Å². The van der Waals surface area contributed by atoms with Crippen LogP contribution < -0.4 is 5.73 Å². The minimum atomic E-state index is -5.41. The fourth-order valence-corrected chi connectivity index (χ4v) is 12.7. The van der Waals surface area contributed by atoms with Crippen molar-refractivity contribution in [1.82, 2.24) is 0 Å². The zero-order chi connectivity index (χ0) is 71.5. The lowest BCUT2D eigenvalue weighted by atomic mass is 10.1. The van der Waals surface area contributed by atoms with Gasteiger partial charge in [-0.25, -0.2) is 18.3 Å². The summed E-state index contributed by atoms with van der Waals surface area (Å²) in [5, 5.41) is 175. The summed E-state index contributed by atoms with van der Waals surface area (Å²) in [6, 6.07) is 0. The molecular formula is C45H89NO45P4. The number of ether oxygens (including phenoxy) is 12. The molecule has 0 aromatic heterocycles. The second-order valence-corrected chi connectivity index (χ2v) is 26.8. The first-order chi connectivity index (χ1) is 44.5. The number of aliphatic hydroxyl groups is 17. The second-order valence-electron chi connectivity index (χ2n) is 21.1. The molecule has 4 aliphatic rings. The van der Waals surface area contributed by atoms with E-state index in [1.165, 1.54) is 7.11 Å². The van der Waals surface area contributed by atoms with Gasteiger partial charge in [-0.2, -0.15) is 0 Å². The normalized spacial score (nSPS) is 34.6. The molecule has 0 amide bonds. The van der Waals surface area contributed by atoms with Crippen LogP contribution in [0.5, 0.6) is 0 Å². The van der Waals surface area contributed by atoms with E-state index >= 15 is 0 Å². The van der Waals surface area contributed by atoms with E-state index < -0.39 is 289 Å². The molecule has 4 rings (SSSR count). The van der Waals surface area contributed by atoms with E-state index in [2.05, 4.69) is 9.05 Å². The molecule has 4 aliphatic heterocycles. The quantitative estimate of drug-likeness (QED) is 0.0199. The van der Waals surface area contributed by atoms with Crippen molar-refractivity contribution >= 4 is 31.3 Å². The largest absolute Gasteiger partial charge is 0.473 e. The second kappa shape index (κ2) is 40.3. The van der Waals surface area contributed by atoms with Crippen molar-refractivity contribution in [3.05, 3.63) is 0 Å². The number of hydrogen-bond donors (Lipinski definition) is 22. The van der Waals surface area contributed by atoms with E-state index in [4.69, 9.17) is 89.7 Å². The van der Waals surface area contributed by atoms with E-state index in [-0.39, 0.29) is 0 Å². The molecule has 23 N–H and O–H groups in total.